The molecule has 4 nitrogen and oxygen atoms in total. The molecule has 1 amide bonds. The van der Waals surface area contributed by atoms with Crippen LogP contribution >= 0.6 is 23.2 Å². The van der Waals surface area contributed by atoms with E-state index in [1.807, 2.05) is 59.5 Å². The van der Waals surface area contributed by atoms with E-state index in [4.69, 9.17) is 27.9 Å². The van der Waals surface area contributed by atoms with E-state index in [0.717, 1.165) is 43.3 Å². The zero-order chi connectivity index (χ0) is 21.6. The van der Waals surface area contributed by atoms with Gasteiger partial charge >= 0.3 is 0 Å². The van der Waals surface area contributed by atoms with Crippen LogP contribution < -0.4 is 4.74 Å². The zero-order valence-corrected chi connectivity index (χ0v) is 18.6. The fourth-order valence-electron chi connectivity index (χ4n) is 3.66. The van der Waals surface area contributed by atoms with Crippen LogP contribution in [0.4, 0.5) is 0 Å². The first-order chi connectivity index (χ1) is 15.1. The number of halogens is 2. The highest BCUT2D eigenvalue weighted by molar-refractivity contribution is 6.30. The van der Waals surface area contributed by atoms with Gasteiger partial charge in [-0.05, 0) is 53.6 Å². The van der Waals surface area contributed by atoms with Crippen LogP contribution in [0.25, 0.3) is 0 Å². The molecule has 6 heteroatoms. The third-order valence-corrected chi connectivity index (χ3v) is 5.84. The Bertz CT molecular complexity index is 1030. The van der Waals surface area contributed by atoms with Crippen LogP contribution in [0.3, 0.4) is 0 Å². The van der Waals surface area contributed by atoms with E-state index in [1.165, 1.54) is 5.56 Å². The Morgan fingerprint density at radius 2 is 1.55 bits per heavy atom. The van der Waals surface area contributed by atoms with Gasteiger partial charge in [0, 0.05) is 48.3 Å². The lowest BCUT2D eigenvalue weighted by atomic mass is 10.1. The topological polar surface area (TPSA) is 32.8 Å². The molecule has 1 saturated heterocycles. The first-order valence-corrected chi connectivity index (χ1v) is 11.1. The average Bonchev–Trinajstić information content (AvgIpc) is 2.79. The molecule has 3 aromatic carbocycles. The highest BCUT2D eigenvalue weighted by Gasteiger charge is 2.22. The lowest BCUT2D eigenvalue weighted by Gasteiger charge is -2.34. The normalized spacial score (nSPS) is 14.5. The molecule has 0 aliphatic carbocycles. The van der Waals surface area contributed by atoms with Crippen molar-refractivity contribution in [3.63, 3.8) is 0 Å². The summed E-state index contributed by atoms with van der Waals surface area (Å²) in [4.78, 5) is 17.3. The van der Waals surface area contributed by atoms with Gasteiger partial charge in [-0.15, -0.1) is 0 Å². The van der Waals surface area contributed by atoms with Gasteiger partial charge in [-0.3, -0.25) is 9.69 Å². The van der Waals surface area contributed by atoms with Crippen LogP contribution in [0, 0.1) is 0 Å². The number of benzene rings is 3. The maximum atomic E-state index is 13.0. The Labute approximate surface area is 192 Å². The number of hydrogen-bond donors (Lipinski definition) is 0. The molecule has 0 bridgehead atoms. The molecule has 1 heterocycles. The second-order valence-electron chi connectivity index (χ2n) is 7.64. The molecule has 0 N–H and O–H groups in total. The van der Waals surface area contributed by atoms with Crippen molar-refractivity contribution in [3.05, 3.63) is 99.5 Å². The molecule has 4 rings (SSSR count). The molecule has 1 fully saturated rings. The van der Waals surface area contributed by atoms with Crippen LogP contribution in [0.5, 0.6) is 5.75 Å². The number of ether oxygens (including phenoxy) is 1. The molecule has 1 aliphatic heterocycles. The van der Waals surface area contributed by atoms with Crippen molar-refractivity contribution in [2.75, 3.05) is 26.2 Å². The van der Waals surface area contributed by atoms with Crippen LogP contribution in [0.2, 0.25) is 10.0 Å². The molecular formula is C25H24Cl2N2O2. The second-order valence-corrected chi connectivity index (χ2v) is 8.51. The second kappa shape index (κ2) is 10.2. The minimum absolute atomic E-state index is 0.0655. The van der Waals surface area contributed by atoms with Gasteiger partial charge < -0.3 is 9.64 Å². The van der Waals surface area contributed by atoms with Crippen molar-refractivity contribution in [2.24, 2.45) is 0 Å². The molecule has 0 unspecified atom stereocenters. The molecule has 160 valence electrons. The Hall–Kier alpha value is -2.53. The van der Waals surface area contributed by atoms with Crippen molar-refractivity contribution in [3.8, 4) is 5.75 Å². The molecule has 0 spiro atoms. The van der Waals surface area contributed by atoms with Crippen LogP contribution in [0.15, 0.2) is 72.8 Å². The van der Waals surface area contributed by atoms with E-state index in [1.54, 1.807) is 6.07 Å². The number of carbonyl (C=O) groups excluding carboxylic acids is 1. The quantitative estimate of drug-likeness (QED) is 0.490. The Morgan fingerprint density at radius 3 is 2.29 bits per heavy atom. The monoisotopic (exact) mass is 454 g/mol. The lowest BCUT2D eigenvalue weighted by Crippen LogP contribution is -2.48. The largest absolute Gasteiger partial charge is 0.489 e. The average molecular weight is 455 g/mol. The molecule has 0 atom stereocenters. The fraction of sp³-hybridized carbons (Fsp3) is 0.240. The molecular weight excluding hydrogens is 431 g/mol. The standard InChI is InChI=1S/C25H24Cl2N2O2/c26-22-9-7-19(8-10-22)17-28-11-13-29(14-12-28)25(30)21-4-1-3-20(15-21)18-31-24-6-2-5-23(27)16-24/h1-10,15-16H,11-14,17-18H2. The van der Waals surface area contributed by atoms with E-state index in [2.05, 4.69) is 17.0 Å². The zero-order valence-electron chi connectivity index (χ0n) is 17.1. The van der Waals surface area contributed by atoms with E-state index in [-0.39, 0.29) is 5.91 Å². The van der Waals surface area contributed by atoms with E-state index in [0.29, 0.717) is 22.9 Å². The van der Waals surface area contributed by atoms with Crippen molar-refractivity contribution >= 4 is 29.1 Å². The van der Waals surface area contributed by atoms with E-state index < -0.39 is 0 Å². The Kier molecular flexibility index (Phi) is 7.13. The smallest absolute Gasteiger partial charge is 0.253 e. The van der Waals surface area contributed by atoms with Gasteiger partial charge in [0.15, 0.2) is 0 Å². The van der Waals surface area contributed by atoms with Crippen molar-refractivity contribution < 1.29 is 9.53 Å². The van der Waals surface area contributed by atoms with Gasteiger partial charge in [-0.1, -0.05) is 53.5 Å². The summed E-state index contributed by atoms with van der Waals surface area (Å²) >= 11 is 12.0. The number of amides is 1. The molecule has 0 saturated carbocycles. The Morgan fingerprint density at radius 1 is 0.806 bits per heavy atom. The van der Waals surface area contributed by atoms with Gasteiger partial charge in [0.1, 0.15) is 12.4 Å². The first kappa shape index (κ1) is 21.7. The number of nitrogens with zero attached hydrogens (tertiary/aromatic N) is 2. The van der Waals surface area contributed by atoms with Crippen LogP contribution in [-0.4, -0.2) is 41.9 Å². The predicted octanol–water partition coefficient (Wildman–Crippen LogP) is 5.53. The summed E-state index contributed by atoms with van der Waals surface area (Å²) < 4.78 is 5.81. The summed E-state index contributed by atoms with van der Waals surface area (Å²) in [6.45, 7) is 4.40. The van der Waals surface area contributed by atoms with Crippen molar-refractivity contribution in [1.29, 1.82) is 0 Å². The summed E-state index contributed by atoms with van der Waals surface area (Å²) in [5.41, 5.74) is 2.88. The lowest BCUT2D eigenvalue weighted by molar-refractivity contribution is 0.0628. The molecule has 0 radical (unpaired) electrons. The highest BCUT2D eigenvalue weighted by Crippen LogP contribution is 2.19. The molecule has 3 aromatic rings. The third-order valence-electron chi connectivity index (χ3n) is 5.35. The SMILES string of the molecule is O=C(c1cccc(COc2cccc(Cl)c2)c1)N1CCN(Cc2ccc(Cl)cc2)CC1. The van der Waals surface area contributed by atoms with Crippen LogP contribution in [0.1, 0.15) is 21.5 Å². The summed E-state index contributed by atoms with van der Waals surface area (Å²) in [6.07, 6.45) is 0. The number of carbonyl (C=O) groups is 1. The van der Waals surface area contributed by atoms with Crippen molar-refractivity contribution in [1.82, 2.24) is 9.80 Å². The van der Waals surface area contributed by atoms with Crippen molar-refractivity contribution in [2.45, 2.75) is 13.2 Å². The molecule has 1 aliphatic rings. The summed E-state index contributed by atoms with van der Waals surface area (Å²) in [6, 6.07) is 22.9. The summed E-state index contributed by atoms with van der Waals surface area (Å²) in [7, 11) is 0. The minimum Gasteiger partial charge on any atom is -0.489 e. The van der Waals surface area contributed by atoms with Gasteiger partial charge in [-0.2, -0.15) is 0 Å². The Balaban J connectivity index is 1.31. The van der Waals surface area contributed by atoms with Gasteiger partial charge in [0.2, 0.25) is 0 Å². The number of hydrogen-bond acceptors (Lipinski definition) is 3. The maximum absolute atomic E-state index is 13.0. The van der Waals surface area contributed by atoms with Gasteiger partial charge in [0.25, 0.3) is 5.91 Å². The first-order valence-electron chi connectivity index (χ1n) is 10.3. The molecule has 0 aromatic heterocycles. The molecule has 31 heavy (non-hydrogen) atoms. The minimum atomic E-state index is 0.0655. The van der Waals surface area contributed by atoms with Gasteiger partial charge in [-0.25, -0.2) is 0 Å². The fourth-order valence-corrected chi connectivity index (χ4v) is 3.96. The summed E-state index contributed by atoms with van der Waals surface area (Å²) in [5.74, 6) is 0.775. The third kappa shape index (κ3) is 6.01. The van der Waals surface area contributed by atoms with E-state index in [9.17, 15) is 4.79 Å². The maximum Gasteiger partial charge on any atom is 0.253 e. The predicted molar refractivity (Wildman–Crippen MR) is 125 cm³/mol. The van der Waals surface area contributed by atoms with Crippen LogP contribution in [-0.2, 0) is 13.2 Å². The number of piperazine rings is 1. The van der Waals surface area contributed by atoms with E-state index >= 15 is 0 Å². The highest BCUT2D eigenvalue weighted by atomic mass is 35.5. The number of rotatable bonds is 6. The summed E-state index contributed by atoms with van der Waals surface area (Å²) in [5, 5.41) is 1.39. The van der Waals surface area contributed by atoms with Gasteiger partial charge in [0.05, 0.1) is 0 Å².